The van der Waals surface area contributed by atoms with Crippen LogP contribution in [0.2, 0.25) is 0 Å². The largest absolute Gasteiger partial charge is 0.494 e. The zero-order valence-corrected chi connectivity index (χ0v) is 13.5. The molecule has 1 aromatic carbocycles. The number of rotatable bonds is 7. The molecule has 2 atom stereocenters. The van der Waals surface area contributed by atoms with Gasteiger partial charge < -0.3 is 14.7 Å². The molecule has 1 aliphatic rings. The molecule has 1 aliphatic heterocycles. The second kappa shape index (κ2) is 7.78. The highest BCUT2D eigenvalue weighted by atomic mass is 16.5. The molecule has 1 fully saturated rings. The predicted molar refractivity (Wildman–Crippen MR) is 85.5 cm³/mol. The quantitative estimate of drug-likeness (QED) is 0.829. The van der Waals surface area contributed by atoms with Crippen LogP contribution in [-0.2, 0) is 6.54 Å². The first-order chi connectivity index (χ1) is 10.1. The van der Waals surface area contributed by atoms with Crippen LogP contribution in [0.3, 0.4) is 0 Å². The van der Waals surface area contributed by atoms with Gasteiger partial charge in [-0.2, -0.15) is 0 Å². The van der Waals surface area contributed by atoms with E-state index in [4.69, 9.17) is 4.74 Å². The number of ether oxygens (including phenoxy) is 1. The molecule has 0 aliphatic carbocycles. The summed E-state index contributed by atoms with van der Waals surface area (Å²) in [6, 6.07) is 8.26. The lowest BCUT2D eigenvalue weighted by atomic mass is 9.97. The van der Waals surface area contributed by atoms with Crippen LogP contribution in [0.5, 0.6) is 5.75 Å². The van der Waals surface area contributed by atoms with Crippen molar-refractivity contribution in [1.82, 2.24) is 9.80 Å². The summed E-state index contributed by atoms with van der Waals surface area (Å²) in [4.78, 5) is 4.65. The highest BCUT2D eigenvalue weighted by Crippen LogP contribution is 2.27. The van der Waals surface area contributed by atoms with Gasteiger partial charge in [0.15, 0.2) is 0 Å². The van der Waals surface area contributed by atoms with Crippen molar-refractivity contribution >= 4 is 0 Å². The molecule has 21 heavy (non-hydrogen) atoms. The fourth-order valence-electron chi connectivity index (χ4n) is 3.22. The van der Waals surface area contributed by atoms with Gasteiger partial charge in [0.25, 0.3) is 0 Å². The number of nitrogens with zero attached hydrogens (tertiary/aromatic N) is 2. The minimum atomic E-state index is 0.280. The molecule has 118 valence electrons. The van der Waals surface area contributed by atoms with E-state index >= 15 is 0 Å². The van der Waals surface area contributed by atoms with E-state index in [1.807, 2.05) is 19.1 Å². The Morgan fingerprint density at radius 1 is 1.24 bits per heavy atom. The fraction of sp³-hybridized carbons (Fsp3) is 0.647. The Kier molecular flexibility index (Phi) is 6.03. The first kappa shape index (κ1) is 16.3. The van der Waals surface area contributed by atoms with Crippen molar-refractivity contribution in [3.63, 3.8) is 0 Å². The lowest BCUT2D eigenvalue weighted by Gasteiger charge is -2.20. The molecule has 2 rings (SSSR count). The van der Waals surface area contributed by atoms with Crippen molar-refractivity contribution in [1.29, 1.82) is 0 Å². The number of hydrogen-bond acceptors (Lipinski definition) is 4. The molecule has 4 nitrogen and oxygen atoms in total. The third kappa shape index (κ3) is 4.43. The molecule has 0 spiro atoms. The molecule has 0 radical (unpaired) electrons. The molecular weight excluding hydrogens is 264 g/mol. The van der Waals surface area contributed by atoms with Gasteiger partial charge in [0, 0.05) is 38.3 Å². The number of benzene rings is 1. The topological polar surface area (TPSA) is 35.9 Å². The van der Waals surface area contributed by atoms with E-state index in [1.54, 1.807) is 0 Å². The molecule has 1 heterocycles. The van der Waals surface area contributed by atoms with Crippen LogP contribution in [0.15, 0.2) is 24.3 Å². The van der Waals surface area contributed by atoms with Crippen molar-refractivity contribution in [3.05, 3.63) is 29.8 Å². The molecule has 1 aromatic rings. The number of aliphatic hydroxyl groups excluding tert-OH is 1. The van der Waals surface area contributed by atoms with Crippen LogP contribution >= 0.6 is 0 Å². The first-order valence-corrected chi connectivity index (χ1v) is 7.82. The normalized spacial score (nSPS) is 22.9. The van der Waals surface area contributed by atoms with Gasteiger partial charge >= 0.3 is 0 Å². The summed E-state index contributed by atoms with van der Waals surface area (Å²) >= 11 is 0. The van der Waals surface area contributed by atoms with Crippen molar-refractivity contribution in [2.24, 2.45) is 11.8 Å². The van der Waals surface area contributed by atoms with E-state index in [0.29, 0.717) is 18.4 Å². The van der Waals surface area contributed by atoms with Gasteiger partial charge in [0.1, 0.15) is 5.75 Å². The van der Waals surface area contributed by atoms with E-state index < -0.39 is 0 Å². The van der Waals surface area contributed by atoms with Crippen LogP contribution in [0, 0.1) is 11.8 Å². The molecular formula is C17H28N2O2. The monoisotopic (exact) mass is 292 g/mol. The van der Waals surface area contributed by atoms with Crippen LogP contribution in [-0.4, -0.2) is 61.8 Å². The van der Waals surface area contributed by atoms with Crippen LogP contribution in [0.4, 0.5) is 0 Å². The van der Waals surface area contributed by atoms with Gasteiger partial charge in [-0.3, -0.25) is 4.90 Å². The molecule has 0 amide bonds. The van der Waals surface area contributed by atoms with Gasteiger partial charge in [0.05, 0.1) is 6.61 Å². The number of likely N-dealkylation sites (tertiary alicyclic amines) is 1. The SMILES string of the molecule is CCOc1ccccc1CN1C[C@@H](CN(C)C)[C@@H](CO)C1. The van der Waals surface area contributed by atoms with Crippen molar-refractivity contribution in [2.75, 3.05) is 46.9 Å². The van der Waals surface area contributed by atoms with E-state index in [2.05, 4.69) is 36.0 Å². The van der Waals surface area contributed by atoms with Crippen molar-refractivity contribution < 1.29 is 9.84 Å². The summed E-state index contributed by atoms with van der Waals surface area (Å²) in [5.74, 6) is 1.91. The third-order valence-electron chi connectivity index (χ3n) is 4.15. The minimum Gasteiger partial charge on any atom is -0.494 e. The maximum absolute atomic E-state index is 9.60. The maximum Gasteiger partial charge on any atom is 0.123 e. The molecule has 0 aromatic heterocycles. The molecule has 0 unspecified atom stereocenters. The lowest BCUT2D eigenvalue weighted by molar-refractivity contribution is 0.183. The summed E-state index contributed by atoms with van der Waals surface area (Å²) in [6.07, 6.45) is 0. The van der Waals surface area contributed by atoms with E-state index in [-0.39, 0.29) is 6.61 Å². The number of aliphatic hydroxyl groups is 1. The fourth-order valence-corrected chi connectivity index (χ4v) is 3.22. The van der Waals surface area contributed by atoms with E-state index in [1.165, 1.54) is 5.56 Å². The molecule has 1 N–H and O–H groups in total. The highest BCUT2D eigenvalue weighted by Gasteiger charge is 2.32. The smallest absolute Gasteiger partial charge is 0.123 e. The zero-order chi connectivity index (χ0) is 15.2. The second-order valence-corrected chi connectivity index (χ2v) is 6.20. The molecule has 1 saturated heterocycles. The highest BCUT2D eigenvalue weighted by molar-refractivity contribution is 5.33. The third-order valence-corrected chi connectivity index (χ3v) is 4.15. The van der Waals surface area contributed by atoms with Gasteiger partial charge in [-0.05, 0) is 38.9 Å². The number of hydrogen-bond donors (Lipinski definition) is 1. The first-order valence-electron chi connectivity index (χ1n) is 7.82. The zero-order valence-electron chi connectivity index (χ0n) is 13.5. The Morgan fingerprint density at radius 2 is 1.95 bits per heavy atom. The second-order valence-electron chi connectivity index (χ2n) is 6.20. The van der Waals surface area contributed by atoms with Gasteiger partial charge in [-0.25, -0.2) is 0 Å². The van der Waals surface area contributed by atoms with Crippen LogP contribution in [0.1, 0.15) is 12.5 Å². The maximum atomic E-state index is 9.60. The van der Waals surface area contributed by atoms with Crippen molar-refractivity contribution in [2.45, 2.75) is 13.5 Å². The Bertz CT molecular complexity index is 437. The molecule has 4 heteroatoms. The number of para-hydroxylation sites is 1. The van der Waals surface area contributed by atoms with Gasteiger partial charge in [-0.1, -0.05) is 18.2 Å². The van der Waals surface area contributed by atoms with E-state index in [9.17, 15) is 5.11 Å². The Morgan fingerprint density at radius 3 is 2.62 bits per heavy atom. The Hall–Kier alpha value is -1.10. The molecule has 0 bridgehead atoms. The lowest BCUT2D eigenvalue weighted by Crippen LogP contribution is -2.28. The van der Waals surface area contributed by atoms with E-state index in [0.717, 1.165) is 31.9 Å². The average molecular weight is 292 g/mol. The minimum absolute atomic E-state index is 0.280. The summed E-state index contributed by atoms with van der Waals surface area (Å²) < 4.78 is 5.71. The molecule has 0 saturated carbocycles. The van der Waals surface area contributed by atoms with Crippen LogP contribution in [0.25, 0.3) is 0 Å². The summed E-state index contributed by atoms with van der Waals surface area (Å²) in [5.41, 5.74) is 1.24. The Balaban J connectivity index is 2.00. The summed E-state index contributed by atoms with van der Waals surface area (Å²) in [6.45, 7) is 6.94. The van der Waals surface area contributed by atoms with Gasteiger partial charge in [0.2, 0.25) is 0 Å². The Labute approximate surface area is 128 Å². The standard InChI is InChI=1S/C17H28N2O2/c1-4-21-17-8-6-5-7-14(17)10-19-11-15(9-18(2)3)16(12-19)13-20/h5-8,15-16,20H,4,9-13H2,1-3H3/t15-,16-/m1/s1. The summed E-state index contributed by atoms with van der Waals surface area (Å²) in [7, 11) is 4.20. The van der Waals surface area contributed by atoms with Crippen LogP contribution < -0.4 is 4.74 Å². The van der Waals surface area contributed by atoms with Crippen molar-refractivity contribution in [3.8, 4) is 5.75 Å². The summed E-state index contributed by atoms with van der Waals surface area (Å²) in [5, 5.41) is 9.60. The average Bonchev–Trinajstić information content (AvgIpc) is 2.82. The van der Waals surface area contributed by atoms with Gasteiger partial charge in [-0.15, -0.1) is 0 Å². The predicted octanol–water partition coefficient (Wildman–Crippen LogP) is 1.69.